The number of oxazole rings is 1. The minimum absolute atomic E-state index is 0.198. The fraction of sp³-hybridized carbons (Fsp3) is 0.727. The molecule has 2 rings (SSSR count). The van der Waals surface area contributed by atoms with E-state index in [0.29, 0.717) is 0 Å². The monoisotopic (exact) mass is 209 g/mol. The van der Waals surface area contributed by atoms with Gasteiger partial charge in [-0.2, -0.15) is 0 Å². The molecule has 84 valence electrons. The number of rotatable bonds is 2. The molecule has 0 spiro atoms. The Kier molecular flexibility index (Phi) is 2.80. The van der Waals surface area contributed by atoms with Crippen molar-refractivity contribution < 1.29 is 4.42 Å². The molecule has 4 heteroatoms. The van der Waals surface area contributed by atoms with Crippen molar-refractivity contribution in [2.75, 3.05) is 19.6 Å². The first kappa shape index (κ1) is 10.6. The molecule has 1 aromatic heterocycles. The zero-order chi connectivity index (χ0) is 10.9. The molecule has 1 saturated heterocycles. The van der Waals surface area contributed by atoms with Gasteiger partial charge in [-0.3, -0.25) is 4.90 Å². The fourth-order valence-corrected chi connectivity index (χ4v) is 1.98. The van der Waals surface area contributed by atoms with Gasteiger partial charge in [-0.05, 0) is 20.8 Å². The molecule has 1 aromatic rings. The lowest BCUT2D eigenvalue weighted by Gasteiger charge is -2.42. The van der Waals surface area contributed by atoms with Gasteiger partial charge in [0.2, 0.25) is 0 Å². The van der Waals surface area contributed by atoms with Crippen LogP contribution in [0.1, 0.15) is 25.3 Å². The lowest BCUT2D eigenvalue weighted by Crippen LogP contribution is -2.57. The van der Waals surface area contributed by atoms with E-state index in [1.807, 2.05) is 6.92 Å². The molecule has 0 amide bonds. The Morgan fingerprint density at radius 3 is 3.00 bits per heavy atom. The number of hydrogen-bond donors (Lipinski definition) is 1. The Morgan fingerprint density at radius 1 is 1.60 bits per heavy atom. The van der Waals surface area contributed by atoms with Crippen LogP contribution in [0.5, 0.6) is 0 Å². The normalized spacial score (nSPS) is 21.8. The second-order valence-corrected chi connectivity index (χ2v) is 4.77. The zero-order valence-electron chi connectivity index (χ0n) is 9.71. The van der Waals surface area contributed by atoms with Crippen molar-refractivity contribution in [2.24, 2.45) is 0 Å². The highest BCUT2D eigenvalue weighted by molar-refractivity contribution is 5.06. The molecule has 4 nitrogen and oxygen atoms in total. The minimum atomic E-state index is 0.198. The third-order valence-electron chi connectivity index (χ3n) is 3.16. The first-order valence-corrected chi connectivity index (χ1v) is 5.44. The summed E-state index contributed by atoms with van der Waals surface area (Å²) >= 11 is 0. The topological polar surface area (TPSA) is 41.3 Å². The summed E-state index contributed by atoms with van der Waals surface area (Å²) in [5, 5.41) is 3.41. The number of aromatic nitrogens is 1. The summed E-state index contributed by atoms with van der Waals surface area (Å²) in [6.45, 7) is 10.5. The number of piperazine rings is 1. The first-order valence-electron chi connectivity index (χ1n) is 5.44. The van der Waals surface area contributed by atoms with E-state index in [2.05, 4.69) is 29.0 Å². The molecule has 0 aliphatic carbocycles. The lowest BCUT2D eigenvalue weighted by atomic mass is 10.00. The van der Waals surface area contributed by atoms with Gasteiger partial charge in [-0.25, -0.2) is 4.98 Å². The summed E-state index contributed by atoms with van der Waals surface area (Å²) in [6.07, 6.45) is 1.53. The quantitative estimate of drug-likeness (QED) is 0.793. The van der Waals surface area contributed by atoms with Crippen LogP contribution >= 0.6 is 0 Å². The molecular weight excluding hydrogens is 190 g/mol. The summed E-state index contributed by atoms with van der Waals surface area (Å²) < 4.78 is 5.22. The van der Waals surface area contributed by atoms with E-state index < -0.39 is 0 Å². The van der Waals surface area contributed by atoms with E-state index in [1.165, 1.54) is 6.39 Å². The number of aryl methyl sites for hydroxylation is 1. The third-order valence-corrected chi connectivity index (χ3v) is 3.16. The third kappa shape index (κ3) is 2.21. The van der Waals surface area contributed by atoms with Gasteiger partial charge >= 0.3 is 0 Å². The predicted molar refractivity (Wildman–Crippen MR) is 58.6 cm³/mol. The average Bonchev–Trinajstić information content (AvgIpc) is 2.56. The average molecular weight is 209 g/mol. The summed E-state index contributed by atoms with van der Waals surface area (Å²) in [4.78, 5) is 6.70. The molecule has 1 N–H and O–H groups in total. The molecule has 0 saturated carbocycles. The first-order chi connectivity index (χ1) is 7.09. The second kappa shape index (κ2) is 3.94. The highest BCUT2D eigenvalue weighted by atomic mass is 16.3. The van der Waals surface area contributed by atoms with E-state index in [1.54, 1.807) is 0 Å². The van der Waals surface area contributed by atoms with Gasteiger partial charge in [0, 0.05) is 31.7 Å². The predicted octanol–water partition coefficient (Wildman–Crippen LogP) is 1.17. The molecule has 0 atom stereocenters. The van der Waals surface area contributed by atoms with E-state index in [0.717, 1.165) is 37.6 Å². The van der Waals surface area contributed by atoms with E-state index in [4.69, 9.17) is 4.42 Å². The van der Waals surface area contributed by atoms with E-state index in [9.17, 15) is 0 Å². The maximum absolute atomic E-state index is 5.22. The van der Waals surface area contributed by atoms with Gasteiger partial charge in [0.25, 0.3) is 0 Å². The van der Waals surface area contributed by atoms with Crippen molar-refractivity contribution in [3.63, 3.8) is 0 Å². The van der Waals surface area contributed by atoms with Crippen LogP contribution in [0.25, 0.3) is 0 Å². The Labute approximate surface area is 90.7 Å². The molecular formula is C11H19N3O. The van der Waals surface area contributed by atoms with Gasteiger partial charge in [-0.15, -0.1) is 0 Å². The lowest BCUT2D eigenvalue weighted by molar-refractivity contribution is 0.0811. The maximum atomic E-state index is 5.22. The standard InChI is InChI=1S/C11H19N3O/c1-9-10(13-8-15-9)6-14-5-4-12-7-11(14,2)3/h8,12H,4-7H2,1-3H3. The summed E-state index contributed by atoms with van der Waals surface area (Å²) in [6, 6.07) is 0. The zero-order valence-corrected chi connectivity index (χ0v) is 9.71. The summed E-state index contributed by atoms with van der Waals surface area (Å²) in [5.74, 6) is 0.935. The maximum Gasteiger partial charge on any atom is 0.181 e. The van der Waals surface area contributed by atoms with Crippen LogP contribution in [0.4, 0.5) is 0 Å². The molecule has 0 unspecified atom stereocenters. The Balaban J connectivity index is 2.07. The van der Waals surface area contributed by atoms with Crippen molar-refractivity contribution >= 4 is 0 Å². The Bertz CT molecular complexity index is 332. The van der Waals surface area contributed by atoms with Gasteiger partial charge in [0.15, 0.2) is 6.39 Å². The van der Waals surface area contributed by atoms with Crippen LogP contribution in [0, 0.1) is 6.92 Å². The molecule has 0 radical (unpaired) electrons. The molecule has 1 aliphatic heterocycles. The summed E-state index contributed by atoms with van der Waals surface area (Å²) in [7, 11) is 0. The molecule has 0 aromatic carbocycles. The largest absolute Gasteiger partial charge is 0.448 e. The van der Waals surface area contributed by atoms with Gasteiger partial charge in [0.05, 0.1) is 5.69 Å². The van der Waals surface area contributed by atoms with Crippen LogP contribution in [0.3, 0.4) is 0 Å². The SMILES string of the molecule is Cc1ocnc1CN1CCNCC1(C)C. The minimum Gasteiger partial charge on any atom is -0.448 e. The van der Waals surface area contributed by atoms with Crippen molar-refractivity contribution in [2.45, 2.75) is 32.9 Å². The molecule has 1 fully saturated rings. The second-order valence-electron chi connectivity index (χ2n) is 4.77. The van der Waals surface area contributed by atoms with Crippen LogP contribution in [0.2, 0.25) is 0 Å². The number of nitrogens with zero attached hydrogens (tertiary/aromatic N) is 2. The van der Waals surface area contributed by atoms with Crippen molar-refractivity contribution in [1.82, 2.24) is 15.2 Å². The molecule has 15 heavy (non-hydrogen) atoms. The highest BCUT2D eigenvalue weighted by Gasteiger charge is 2.30. The van der Waals surface area contributed by atoms with Crippen LogP contribution in [-0.2, 0) is 6.54 Å². The molecule has 2 heterocycles. The van der Waals surface area contributed by atoms with Crippen molar-refractivity contribution in [1.29, 1.82) is 0 Å². The van der Waals surface area contributed by atoms with E-state index in [-0.39, 0.29) is 5.54 Å². The van der Waals surface area contributed by atoms with Gasteiger partial charge in [-0.1, -0.05) is 0 Å². The highest BCUT2D eigenvalue weighted by Crippen LogP contribution is 2.19. The number of nitrogens with one attached hydrogen (secondary N) is 1. The van der Waals surface area contributed by atoms with Gasteiger partial charge < -0.3 is 9.73 Å². The fourth-order valence-electron chi connectivity index (χ4n) is 1.98. The van der Waals surface area contributed by atoms with Crippen molar-refractivity contribution in [3.05, 3.63) is 17.8 Å². The molecule has 0 bridgehead atoms. The van der Waals surface area contributed by atoms with Crippen molar-refractivity contribution in [3.8, 4) is 0 Å². The Hall–Kier alpha value is -0.870. The Morgan fingerprint density at radius 2 is 2.40 bits per heavy atom. The number of hydrogen-bond acceptors (Lipinski definition) is 4. The van der Waals surface area contributed by atoms with Crippen LogP contribution < -0.4 is 5.32 Å². The smallest absolute Gasteiger partial charge is 0.181 e. The molecule has 1 aliphatic rings. The van der Waals surface area contributed by atoms with Crippen LogP contribution in [-0.4, -0.2) is 35.1 Å². The van der Waals surface area contributed by atoms with E-state index >= 15 is 0 Å². The van der Waals surface area contributed by atoms with Gasteiger partial charge in [0.1, 0.15) is 5.76 Å². The van der Waals surface area contributed by atoms with Crippen LogP contribution in [0.15, 0.2) is 10.8 Å². The summed E-state index contributed by atoms with van der Waals surface area (Å²) in [5.41, 5.74) is 1.26.